The molecule has 0 amide bonds. The summed E-state index contributed by atoms with van der Waals surface area (Å²) in [5.74, 6) is 1.93. The molecule has 20 heavy (non-hydrogen) atoms. The van der Waals surface area contributed by atoms with E-state index in [9.17, 15) is 4.39 Å². The maximum absolute atomic E-state index is 13.4. The first kappa shape index (κ1) is 15.8. The Hall–Kier alpha value is -0.600. The number of hydrogen-bond donors (Lipinski definition) is 1. The number of nitrogens with one attached hydrogen (secondary N) is 1. The molecule has 112 valence electrons. The third-order valence-corrected chi connectivity index (χ3v) is 5.15. The van der Waals surface area contributed by atoms with Gasteiger partial charge in [-0.05, 0) is 74.4 Å². The highest BCUT2D eigenvalue weighted by atomic mass is 35.5. The second-order valence-electron chi connectivity index (χ2n) is 6.11. The van der Waals surface area contributed by atoms with Crippen molar-refractivity contribution >= 4 is 11.6 Å². The summed E-state index contributed by atoms with van der Waals surface area (Å²) in [7, 11) is 2.01. The maximum atomic E-state index is 13.4. The second kappa shape index (κ2) is 7.42. The number of halogens is 2. The van der Waals surface area contributed by atoms with Crippen LogP contribution in [0, 0.1) is 23.6 Å². The van der Waals surface area contributed by atoms with Gasteiger partial charge in [0.2, 0.25) is 0 Å². The molecule has 3 heteroatoms. The van der Waals surface area contributed by atoms with Gasteiger partial charge in [-0.1, -0.05) is 31.4 Å². The van der Waals surface area contributed by atoms with Crippen molar-refractivity contribution in [2.45, 2.75) is 39.0 Å². The van der Waals surface area contributed by atoms with Gasteiger partial charge in [-0.25, -0.2) is 4.39 Å². The average Bonchev–Trinajstić information content (AvgIpc) is 2.45. The van der Waals surface area contributed by atoms with Crippen LogP contribution in [0.2, 0.25) is 5.02 Å². The fourth-order valence-corrected chi connectivity index (χ4v) is 3.75. The van der Waals surface area contributed by atoms with E-state index in [0.29, 0.717) is 16.9 Å². The summed E-state index contributed by atoms with van der Waals surface area (Å²) in [6.07, 6.45) is 6.00. The summed E-state index contributed by atoms with van der Waals surface area (Å²) in [5, 5.41) is 4.01. The minimum atomic E-state index is -0.183. The summed E-state index contributed by atoms with van der Waals surface area (Å²) in [6, 6.07) is 4.72. The topological polar surface area (TPSA) is 12.0 Å². The van der Waals surface area contributed by atoms with Crippen LogP contribution in [0.5, 0.6) is 0 Å². The van der Waals surface area contributed by atoms with Gasteiger partial charge in [-0.15, -0.1) is 0 Å². The van der Waals surface area contributed by atoms with Crippen molar-refractivity contribution in [2.75, 3.05) is 13.6 Å². The third kappa shape index (κ3) is 3.95. The van der Waals surface area contributed by atoms with E-state index in [4.69, 9.17) is 11.6 Å². The lowest BCUT2D eigenvalue weighted by Crippen LogP contribution is -2.33. The van der Waals surface area contributed by atoms with Crippen LogP contribution < -0.4 is 5.32 Å². The summed E-state index contributed by atoms with van der Waals surface area (Å²) in [4.78, 5) is 0. The smallest absolute Gasteiger partial charge is 0.123 e. The van der Waals surface area contributed by atoms with Crippen molar-refractivity contribution in [3.05, 3.63) is 34.6 Å². The molecule has 1 aromatic carbocycles. The molecule has 1 nitrogen and oxygen atoms in total. The number of benzene rings is 1. The van der Waals surface area contributed by atoms with Crippen LogP contribution in [0.1, 0.15) is 38.2 Å². The van der Waals surface area contributed by atoms with E-state index in [1.807, 2.05) is 7.05 Å². The molecule has 0 aliphatic heterocycles. The molecule has 1 aromatic rings. The van der Waals surface area contributed by atoms with Crippen LogP contribution in [-0.4, -0.2) is 13.6 Å². The summed E-state index contributed by atoms with van der Waals surface area (Å²) in [5.41, 5.74) is 0.967. The van der Waals surface area contributed by atoms with E-state index < -0.39 is 0 Å². The Morgan fingerprint density at radius 2 is 2.10 bits per heavy atom. The van der Waals surface area contributed by atoms with Crippen LogP contribution in [-0.2, 0) is 6.42 Å². The van der Waals surface area contributed by atoms with E-state index in [-0.39, 0.29) is 5.82 Å². The number of rotatable bonds is 5. The van der Waals surface area contributed by atoms with E-state index in [1.54, 1.807) is 12.1 Å². The first-order valence-electron chi connectivity index (χ1n) is 7.72. The summed E-state index contributed by atoms with van der Waals surface area (Å²) >= 11 is 6.23. The molecule has 3 unspecified atom stereocenters. The molecular formula is C17H25ClFN. The van der Waals surface area contributed by atoms with Crippen LogP contribution in [0.4, 0.5) is 4.39 Å². The monoisotopic (exact) mass is 297 g/mol. The molecule has 0 spiro atoms. The van der Waals surface area contributed by atoms with Gasteiger partial charge < -0.3 is 5.32 Å². The van der Waals surface area contributed by atoms with E-state index >= 15 is 0 Å². The molecule has 1 aliphatic rings. The minimum Gasteiger partial charge on any atom is -0.319 e. The third-order valence-electron chi connectivity index (χ3n) is 4.78. The normalized spacial score (nSPS) is 26.7. The molecular weight excluding hydrogens is 273 g/mol. The number of hydrogen-bond acceptors (Lipinski definition) is 1. The Labute approximate surface area is 126 Å². The summed E-state index contributed by atoms with van der Waals surface area (Å²) in [6.45, 7) is 3.32. The zero-order chi connectivity index (χ0) is 14.5. The minimum absolute atomic E-state index is 0.183. The van der Waals surface area contributed by atoms with Crippen molar-refractivity contribution in [3.63, 3.8) is 0 Å². The molecule has 0 aromatic heterocycles. The molecule has 1 saturated carbocycles. The van der Waals surface area contributed by atoms with Crippen molar-refractivity contribution in [3.8, 4) is 0 Å². The lowest BCUT2D eigenvalue weighted by molar-refractivity contribution is 0.173. The van der Waals surface area contributed by atoms with Crippen molar-refractivity contribution in [2.24, 2.45) is 17.8 Å². The molecule has 0 radical (unpaired) electrons. The van der Waals surface area contributed by atoms with Gasteiger partial charge in [0, 0.05) is 5.02 Å². The quantitative estimate of drug-likeness (QED) is 0.832. The lowest BCUT2D eigenvalue weighted by atomic mass is 9.71. The van der Waals surface area contributed by atoms with Crippen molar-refractivity contribution < 1.29 is 4.39 Å². The average molecular weight is 298 g/mol. The Balaban J connectivity index is 2.11. The Morgan fingerprint density at radius 3 is 2.80 bits per heavy atom. The Kier molecular flexibility index (Phi) is 5.86. The van der Waals surface area contributed by atoms with Crippen LogP contribution in [0.3, 0.4) is 0 Å². The standard InChI is InChI=1S/C17H25ClFN/c1-3-12-4-5-13(11-20-2)14(8-12)9-15-10-16(19)6-7-17(15)18/h6-7,10,12-14,20H,3-5,8-9,11H2,1-2H3. The fraction of sp³-hybridized carbons (Fsp3) is 0.647. The lowest BCUT2D eigenvalue weighted by Gasteiger charge is -2.36. The predicted octanol–water partition coefficient (Wildman–Crippen LogP) is 4.68. The fourth-order valence-electron chi connectivity index (χ4n) is 3.56. The summed E-state index contributed by atoms with van der Waals surface area (Å²) < 4.78 is 13.4. The van der Waals surface area contributed by atoms with Crippen molar-refractivity contribution in [1.82, 2.24) is 5.32 Å². The van der Waals surface area contributed by atoms with E-state index in [2.05, 4.69) is 12.2 Å². The maximum Gasteiger partial charge on any atom is 0.123 e. The van der Waals surface area contributed by atoms with Gasteiger partial charge in [-0.3, -0.25) is 0 Å². The van der Waals surface area contributed by atoms with E-state index in [1.165, 1.54) is 31.7 Å². The van der Waals surface area contributed by atoms with Gasteiger partial charge in [0.05, 0.1) is 0 Å². The van der Waals surface area contributed by atoms with Gasteiger partial charge in [0.25, 0.3) is 0 Å². The molecule has 3 atom stereocenters. The molecule has 1 N–H and O–H groups in total. The van der Waals surface area contributed by atoms with Gasteiger partial charge in [0.1, 0.15) is 5.82 Å². The Morgan fingerprint density at radius 1 is 1.30 bits per heavy atom. The van der Waals surface area contributed by atoms with Crippen LogP contribution in [0.15, 0.2) is 18.2 Å². The Bertz CT molecular complexity index is 435. The highest BCUT2D eigenvalue weighted by Gasteiger charge is 2.29. The molecule has 0 saturated heterocycles. The first-order chi connectivity index (χ1) is 9.63. The zero-order valence-corrected chi connectivity index (χ0v) is 13.2. The largest absolute Gasteiger partial charge is 0.319 e. The first-order valence-corrected chi connectivity index (χ1v) is 8.10. The van der Waals surface area contributed by atoms with Crippen molar-refractivity contribution in [1.29, 1.82) is 0 Å². The predicted molar refractivity (Wildman–Crippen MR) is 83.7 cm³/mol. The second-order valence-corrected chi connectivity index (χ2v) is 6.51. The molecule has 1 aliphatic carbocycles. The molecule has 1 fully saturated rings. The molecule has 0 bridgehead atoms. The van der Waals surface area contributed by atoms with E-state index in [0.717, 1.165) is 24.4 Å². The highest BCUT2D eigenvalue weighted by Crippen LogP contribution is 2.38. The highest BCUT2D eigenvalue weighted by molar-refractivity contribution is 6.31. The van der Waals surface area contributed by atoms with Crippen LogP contribution in [0.25, 0.3) is 0 Å². The molecule has 0 heterocycles. The molecule has 2 rings (SSSR count). The van der Waals surface area contributed by atoms with Crippen LogP contribution >= 0.6 is 11.6 Å². The van der Waals surface area contributed by atoms with Gasteiger partial charge >= 0.3 is 0 Å². The van der Waals surface area contributed by atoms with Gasteiger partial charge in [-0.2, -0.15) is 0 Å². The SMILES string of the molecule is CCC1CCC(CNC)C(Cc2cc(F)ccc2Cl)C1. The zero-order valence-electron chi connectivity index (χ0n) is 12.5. The van der Waals surface area contributed by atoms with Gasteiger partial charge in [0.15, 0.2) is 0 Å².